The van der Waals surface area contributed by atoms with Gasteiger partial charge in [-0.3, -0.25) is 9.59 Å². The maximum Gasteiger partial charge on any atom is 0.309 e. The number of carboxylic acid groups (broad SMARTS) is 2. The van der Waals surface area contributed by atoms with Crippen molar-refractivity contribution in [2.75, 3.05) is 0 Å². The molecule has 0 unspecified atom stereocenters. The van der Waals surface area contributed by atoms with Gasteiger partial charge in [-0.2, -0.15) is 0 Å². The van der Waals surface area contributed by atoms with Crippen LogP contribution in [0.5, 0.6) is 0 Å². The van der Waals surface area contributed by atoms with Crippen molar-refractivity contribution in [3.8, 4) is 0 Å². The molecule has 0 aliphatic heterocycles. The largest absolute Gasteiger partial charge is 0.481 e. The van der Waals surface area contributed by atoms with Crippen LogP contribution in [0.1, 0.15) is 81.2 Å². The smallest absolute Gasteiger partial charge is 0.309 e. The summed E-state index contributed by atoms with van der Waals surface area (Å²) in [6.07, 6.45) is 4.74. The average molecular weight is 377 g/mol. The van der Waals surface area contributed by atoms with Gasteiger partial charge in [0.25, 0.3) is 0 Å². The maximum absolute atomic E-state index is 11.3. The molecule has 0 saturated heterocycles. The van der Waals surface area contributed by atoms with E-state index in [-0.39, 0.29) is 0 Å². The van der Waals surface area contributed by atoms with E-state index in [0.717, 1.165) is 25.7 Å². The van der Waals surface area contributed by atoms with E-state index in [1.165, 1.54) is 27.8 Å². The molecule has 0 aliphatic rings. The predicted octanol–water partition coefficient (Wildman–Crippen LogP) is 5.48. The molecule has 0 aliphatic carbocycles. The zero-order valence-electron chi connectivity index (χ0n) is 18.0. The van der Waals surface area contributed by atoms with Crippen molar-refractivity contribution in [2.24, 2.45) is 10.8 Å². The van der Waals surface area contributed by atoms with Crippen LogP contribution < -0.4 is 0 Å². The Morgan fingerprint density at radius 3 is 1.70 bits per heavy atom. The van der Waals surface area contributed by atoms with Crippen LogP contribution in [-0.2, 0) is 22.4 Å². The van der Waals surface area contributed by atoms with E-state index in [9.17, 15) is 19.8 Å². The van der Waals surface area contributed by atoms with Gasteiger partial charge in [0, 0.05) is 0 Å². The minimum atomic E-state index is -0.749. The molecule has 0 aromatic heterocycles. The van der Waals surface area contributed by atoms with Crippen molar-refractivity contribution >= 4 is 11.9 Å². The van der Waals surface area contributed by atoms with E-state index in [4.69, 9.17) is 0 Å². The summed E-state index contributed by atoms with van der Waals surface area (Å²) < 4.78 is 0. The molecule has 0 saturated carbocycles. The maximum atomic E-state index is 11.3. The van der Waals surface area contributed by atoms with E-state index >= 15 is 0 Å². The molecule has 1 aromatic carbocycles. The summed E-state index contributed by atoms with van der Waals surface area (Å²) in [5.41, 5.74) is 5.03. The fourth-order valence-electron chi connectivity index (χ4n) is 3.47. The minimum absolute atomic E-state index is 0.650. The Labute approximate surface area is 164 Å². The highest BCUT2D eigenvalue weighted by molar-refractivity contribution is 5.73. The zero-order chi connectivity index (χ0) is 21.0. The van der Waals surface area contributed by atoms with Crippen LogP contribution in [0.15, 0.2) is 6.07 Å². The molecule has 4 nitrogen and oxygen atoms in total. The molecule has 0 heterocycles. The summed E-state index contributed by atoms with van der Waals surface area (Å²) in [5, 5.41) is 18.6. The summed E-state index contributed by atoms with van der Waals surface area (Å²) >= 11 is 0. The van der Waals surface area contributed by atoms with E-state index in [1.807, 2.05) is 0 Å². The second-order valence-electron chi connectivity index (χ2n) is 9.17. The Morgan fingerprint density at radius 1 is 0.815 bits per heavy atom. The number of hydrogen-bond acceptors (Lipinski definition) is 2. The predicted molar refractivity (Wildman–Crippen MR) is 109 cm³/mol. The summed E-state index contributed by atoms with van der Waals surface area (Å²) in [6, 6.07) is 2.23. The molecule has 0 fully saturated rings. The molecule has 0 amide bonds. The molecule has 152 valence electrons. The molecule has 1 aromatic rings. The highest BCUT2D eigenvalue weighted by Crippen LogP contribution is 2.29. The quantitative estimate of drug-likeness (QED) is 0.567. The van der Waals surface area contributed by atoms with Gasteiger partial charge < -0.3 is 10.2 Å². The van der Waals surface area contributed by atoms with Gasteiger partial charge in [-0.05, 0) is 115 Å². The Morgan fingerprint density at radius 2 is 1.26 bits per heavy atom. The van der Waals surface area contributed by atoms with Gasteiger partial charge in [0.05, 0.1) is 10.8 Å². The molecular formula is C23H36O4. The molecule has 0 radical (unpaired) electrons. The van der Waals surface area contributed by atoms with Crippen molar-refractivity contribution in [3.05, 3.63) is 33.9 Å². The Hall–Kier alpha value is -1.84. The molecular weight excluding hydrogens is 340 g/mol. The second-order valence-corrected chi connectivity index (χ2v) is 9.17. The fraction of sp³-hybridized carbons (Fsp3) is 0.652. The zero-order valence-corrected chi connectivity index (χ0v) is 18.0. The van der Waals surface area contributed by atoms with E-state index in [2.05, 4.69) is 26.8 Å². The van der Waals surface area contributed by atoms with E-state index < -0.39 is 22.8 Å². The first-order valence-electron chi connectivity index (χ1n) is 9.85. The topological polar surface area (TPSA) is 74.6 Å². The number of benzene rings is 1. The van der Waals surface area contributed by atoms with Crippen molar-refractivity contribution in [1.82, 2.24) is 0 Å². The molecule has 2 N–H and O–H groups in total. The van der Waals surface area contributed by atoms with Crippen LogP contribution in [-0.4, -0.2) is 22.2 Å². The van der Waals surface area contributed by atoms with Gasteiger partial charge in [0.1, 0.15) is 0 Å². The Balaban J connectivity index is 2.88. The first kappa shape index (κ1) is 23.2. The van der Waals surface area contributed by atoms with Crippen molar-refractivity contribution in [3.63, 3.8) is 0 Å². The number of rotatable bonds is 10. The molecule has 1 rings (SSSR count). The SMILES string of the molecule is Cc1cc(CCCC(C)(C)C(=O)O)c(C)c(CCCC(C)(C)C(=O)O)c1C. The van der Waals surface area contributed by atoms with Gasteiger partial charge in [-0.15, -0.1) is 0 Å². The van der Waals surface area contributed by atoms with Crippen LogP contribution in [0.2, 0.25) is 0 Å². The van der Waals surface area contributed by atoms with E-state index in [1.54, 1.807) is 27.7 Å². The third-order valence-corrected chi connectivity index (χ3v) is 6.00. The van der Waals surface area contributed by atoms with Gasteiger partial charge in [0.2, 0.25) is 0 Å². The summed E-state index contributed by atoms with van der Waals surface area (Å²) in [6.45, 7) is 13.5. The number of carbonyl (C=O) groups is 2. The van der Waals surface area contributed by atoms with Crippen LogP contribution in [0, 0.1) is 31.6 Å². The third-order valence-electron chi connectivity index (χ3n) is 6.00. The van der Waals surface area contributed by atoms with Crippen molar-refractivity contribution in [2.45, 2.75) is 87.0 Å². The second kappa shape index (κ2) is 8.90. The van der Waals surface area contributed by atoms with Gasteiger partial charge >= 0.3 is 11.9 Å². The number of hydrogen-bond donors (Lipinski definition) is 2. The van der Waals surface area contributed by atoms with Gasteiger partial charge in [-0.25, -0.2) is 0 Å². The Kier molecular flexibility index (Phi) is 7.65. The molecule has 0 atom stereocenters. The molecule has 4 heteroatoms. The van der Waals surface area contributed by atoms with Crippen LogP contribution in [0.3, 0.4) is 0 Å². The third kappa shape index (κ3) is 6.08. The van der Waals surface area contributed by atoms with Crippen LogP contribution in [0.25, 0.3) is 0 Å². The fourth-order valence-corrected chi connectivity index (χ4v) is 3.47. The van der Waals surface area contributed by atoms with Crippen molar-refractivity contribution in [1.29, 1.82) is 0 Å². The molecule has 27 heavy (non-hydrogen) atoms. The average Bonchev–Trinajstić information content (AvgIpc) is 2.54. The van der Waals surface area contributed by atoms with Gasteiger partial charge in [-0.1, -0.05) is 6.07 Å². The van der Waals surface area contributed by atoms with Crippen LogP contribution in [0.4, 0.5) is 0 Å². The standard InChI is InChI=1S/C23H36O4/c1-15-14-18(10-8-12-22(4,5)20(24)25)17(3)19(16(15)2)11-9-13-23(6,7)21(26)27/h14H,8-13H2,1-7H3,(H,24,25)(H,26,27). The lowest BCUT2D eigenvalue weighted by Gasteiger charge is -2.22. The highest BCUT2D eigenvalue weighted by Gasteiger charge is 2.27. The minimum Gasteiger partial charge on any atom is -0.481 e. The molecule has 0 bridgehead atoms. The monoisotopic (exact) mass is 376 g/mol. The lowest BCUT2D eigenvalue weighted by molar-refractivity contribution is -0.148. The first-order valence-corrected chi connectivity index (χ1v) is 9.85. The lowest BCUT2D eigenvalue weighted by atomic mass is 9.83. The van der Waals surface area contributed by atoms with Crippen LogP contribution >= 0.6 is 0 Å². The number of aliphatic carboxylic acids is 2. The van der Waals surface area contributed by atoms with E-state index in [0.29, 0.717) is 12.8 Å². The summed E-state index contributed by atoms with van der Waals surface area (Å²) in [4.78, 5) is 22.6. The Bertz CT molecular complexity index is 699. The normalized spacial score (nSPS) is 12.3. The molecule has 0 spiro atoms. The lowest BCUT2D eigenvalue weighted by Crippen LogP contribution is -2.23. The first-order chi connectivity index (χ1) is 12.3. The van der Waals surface area contributed by atoms with Gasteiger partial charge in [0.15, 0.2) is 0 Å². The van der Waals surface area contributed by atoms with Crippen molar-refractivity contribution < 1.29 is 19.8 Å². The number of aryl methyl sites for hydroxylation is 2. The summed E-state index contributed by atoms with van der Waals surface area (Å²) in [5.74, 6) is -1.50. The number of carboxylic acids is 2. The highest BCUT2D eigenvalue weighted by atomic mass is 16.4. The summed E-state index contributed by atoms with van der Waals surface area (Å²) in [7, 11) is 0.